The van der Waals surface area contributed by atoms with Crippen molar-refractivity contribution in [1.29, 1.82) is 0 Å². The van der Waals surface area contributed by atoms with Crippen LogP contribution in [-0.2, 0) is 0 Å². The lowest BCUT2D eigenvalue weighted by atomic mass is 9.93. The Kier molecular flexibility index (Phi) is 2.22. The third kappa shape index (κ3) is 1.63. The number of fused-ring (bicyclic) bond motifs is 1. The fraction of sp³-hybridized carbons (Fsp3) is 0.500. The summed E-state index contributed by atoms with van der Waals surface area (Å²) < 4.78 is 45.2. The van der Waals surface area contributed by atoms with Gasteiger partial charge in [-0.3, -0.25) is 0 Å². The van der Waals surface area contributed by atoms with E-state index in [-0.39, 0.29) is 12.2 Å². The average molecular weight is 282 g/mol. The number of piperidine rings is 1. The van der Waals surface area contributed by atoms with Gasteiger partial charge in [0.1, 0.15) is 11.3 Å². The Balaban J connectivity index is 1.56. The quantitative estimate of drug-likeness (QED) is 0.800. The molecule has 2 fully saturated rings. The van der Waals surface area contributed by atoms with Crippen LogP contribution in [-0.4, -0.2) is 24.0 Å². The van der Waals surface area contributed by atoms with E-state index >= 15 is 0 Å². The first kappa shape index (κ1) is 12.1. The van der Waals surface area contributed by atoms with E-state index in [0.717, 1.165) is 0 Å². The van der Waals surface area contributed by atoms with Crippen LogP contribution in [0.3, 0.4) is 0 Å². The van der Waals surface area contributed by atoms with Crippen molar-refractivity contribution in [2.24, 2.45) is 5.41 Å². The van der Waals surface area contributed by atoms with Crippen molar-refractivity contribution < 1.29 is 17.6 Å². The highest BCUT2D eigenvalue weighted by molar-refractivity contribution is 5.74. The zero-order valence-electron chi connectivity index (χ0n) is 10.7. The van der Waals surface area contributed by atoms with Gasteiger partial charge in [0.15, 0.2) is 5.58 Å². The predicted octanol–water partition coefficient (Wildman–Crippen LogP) is 3.59. The van der Waals surface area contributed by atoms with Crippen molar-refractivity contribution in [3.63, 3.8) is 0 Å². The van der Waals surface area contributed by atoms with Crippen molar-refractivity contribution in [2.75, 3.05) is 18.0 Å². The van der Waals surface area contributed by atoms with Gasteiger partial charge in [-0.05, 0) is 25.0 Å². The molecule has 1 aliphatic heterocycles. The van der Waals surface area contributed by atoms with Gasteiger partial charge in [-0.25, -0.2) is 13.2 Å². The van der Waals surface area contributed by atoms with Gasteiger partial charge in [-0.2, -0.15) is 4.98 Å². The maximum atomic E-state index is 13.3. The first-order chi connectivity index (χ1) is 9.49. The minimum absolute atomic E-state index is 0.00656. The SMILES string of the molecule is Fc1ccc2nc(N3CCC4(CC3)CC4(F)F)oc2c1. The predicted molar refractivity (Wildman–Crippen MR) is 67.4 cm³/mol. The molecular weight excluding hydrogens is 269 g/mol. The zero-order chi connectivity index (χ0) is 14.0. The lowest BCUT2D eigenvalue weighted by Gasteiger charge is -2.30. The molecule has 0 bridgehead atoms. The maximum absolute atomic E-state index is 13.3. The van der Waals surface area contributed by atoms with Gasteiger partial charge in [0.05, 0.1) is 0 Å². The van der Waals surface area contributed by atoms with Crippen molar-refractivity contribution in [1.82, 2.24) is 4.98 Å². The molecule has 1 saturated carbocycles. The minimum Gasteiger partial charge on any atom is -0.423 e. The first-order valence-electron chi connectivity index (χ1n) is 6.68. The van der Waals surface area contributed by atoms with E-state index < -0.39 is 11.3 Å². The molecular formula is C14H13F3N2O. The Morgan fingerprint density at radius 3 is 2.55 bits per heavy atom. The summed E-state index contributed by atoms with van der Waals surface area (Å²) >= 11 is 0. The number of hydrogen-bond donors (Lipinski definition) is 0. The third-order valence-corrected chi connectivity index (χ3v) is 4.54. The number of rotatable bonds is 1. The normalized spacial score (nSPS) is 23.4. The third-order valence-electron chi connectivity index (χ3n) is 4.54. The Morgan fingerprint density at radius 2 is 1.90 bits per heavy atom. The summed E-state index contributed by atoms with van der Waals surface area (Å²) in [6.45, 7) is 1.01. The van der Waals surface area contributed by atoms with Crippen LogP contribution >= 0.6 is 0 Å². The van der Waals surface area contributed by atoms with E-state index in [1.165, 1.54) is 12.1 Å². The Bertz CT molecular complexity index is 674. The highest BCUT2D eigenvalue weighted by Gasteiger charge is 2.70. The van der Waals surface area contributed by atoms with Crippen molar-refractivity contribution in [3.05, 3.63) is 24.0 Å². The van der Waals surface area contributed by atoms with E-state index in [0.29, 0.717) is 43.0 Å². The van der Waals surface area contributed by atoms with Gasteiger partial charge in [-0.1, -0.05) is 0 Å². The van der Waals surface area contributed by atoms with Crippen LogP contribution in [0.5, 0.6) is 0 Å². The summed E-state index contributed by atoms with van der Waals surface area (Å²) in [6.07, 6.45) is 0.910. The largest absolute Gasteiger partial charge is 0.423 e. The van der Waals surface area contributed by atoms with E-state index in [1.54, 1.807) is 6.07 Å². The number of anilines is 1. The summed E-state index contributed by atoms with van der Waals surface area (Å²) in [7, 11) is 0. The Morgan fingerprint density at radius 1 is 1.20 bits per heavy atom. The van der Waals surface area contributed by atoms with Crippen molar-refractivity contribution >= 4 is 17.1 Å². The molecule has 6 heteroatoms. The lowest BCUT2D eigenvalue weighted by molar-refractivity contribution is 0.0533. The molecule has 1 aromatic carbocycles. The van der Waals surface area contributed by atoms with Crippen LogP contribution in [0.2, 0.25) is 0 Å². The number of aromatic nitrogens is 1. The molecule has 2 aliphatic rings. The number of nitrogens with zero attached hydrogens (tertiary/aromatic N) is 2. The van der Waals surface area contributed by atoms with Crippen molar-refractivity contribution in [2.45, 2.75) is 25.2 Å². The minimum atomic E-state index is -2.50. The number of oxazole rings is 1. The summed E-state index contributed by atoms with van der Waals surface area (Å²) in [5.74, 6) is -2.88. The molecule has 2 heterocycles. The molecule has 106 valence electrons. The summed E-state index contributed by atoms with van der Waals surface area (Å²) in [5.41, 5.74) is 0.178. The number of benzene rings is 1. The summed E-state index contributed by atoms with van der Waals surface area (Å²) in [6, 6.07) is 4.55. The van der Waals surface area contributed by atoms with Crippen LogP contribution in [0.15, 0.2) is 22.6 Å². The van der Waals surface area contributed by atoms with E-state index in [2.05, 4.69) is 4.98 Å². The van der Waals surface area contributed by atoms with Crippen LogP contribution in [0.4, 0.5) is 19.2 Å². The molecule has 1 aliphatic carbocycles. The molecule has 1 aromatic heterocycles. The zero-order valence-corrected chi connectivity index (χ0v) is 10.7. The topological polar surface area (TPSA) is 29.3 Å². The van der Waals surface area contributed by atoms with Crippen LogP contribution in [0, 0.1) is 11.2 Å². The van der Waals surface area contributed by atoms with Crippen LogP contribution in [0.25, 0.3) is 11.1 Å². The summed E-state index contributed by atoms with van der Waals surface area (Å²) in [5, 5.41) is 0. The standard InChI is InChI=1S/C14H13F3N2O/c15-9-1-2-10-11(7-9)20-12(18-10)19-5-3-13(4-6-19)8-14(13,16)17/h1-2,7H,3-6,8H2. The van der Waals surface area contributed by atoms with Gasteiger partial charge in [0.2, 0.25) is 0 Å². The molecule has 1 saturated heterocycles. The average Bonchev–Trinajstić information content (AvgIpc) is 2.77. The molecule has 4 rings (SSSR count). The molecule has 0 atom stereocenters. The molecule has 0 amide bonds. The number of alkyl halides is 2. The van der Waals surface area contributed by atoms with E-state index in [9.17, 15) is 13.2 Å². The fourth-order valence-electron chi connectivity index (χ4n) is 3.07. The molecule has 20 heavy (non-hydrogen) atoms. The highest BCUT2D eigenvalue weighted by atomic mass is 19.3. The highest BCUT2D eigenvalue weighted by Crippen LogP contribution is 2.65. The second kappa shape index (κ2) is 3.68. The maximum Gasteiger partial charge on any atom is 0.298 e. The first-order valence-corrected chi connectivity index (χ1v) is 6.68. The second-order valence-corrected chi connectivity index (χ2v) is 5.76. The van der Waals surface area contributed by atoms with Gasteiger partial charge in [0.25, 0.3) is 11.9 Å². The van der Waals surface area contributed by atoms with Gasteiger partial charge < -0.3 is 9.32 Å². The number of halogens is 3. The molecule has 0 radical (unpaired) electrons. The fourth-order valence-corrected chi connectivity index (χ4v) is 3.07. The molecule has 0 unspecified atom stereocenters. The number of hydrogen-bond acceptors (Lipinski definition) is 3. The van der Waals surface area contributed by atoms with Gasteiger partial charge in [0, 0.05) is 31.0 Å². The molecule has 0 N–H and O–H groups in total. The lowest BCUT2D eigenvalue weighted by Crippen LogP contribution is -2.36. The molecule has 1 spiro atoms. The van der Waals surface area contributed by atoms with Crippen molar-refractivity contribution in [3.8, 4) is 0 Å². The van der Waals surface area contributed by atoms with Crippen LogP contribution in [0.1, 0.15) is 19.3 Å². The molecule has 3 nitrogen and oxygen atoms in total. The van der Waals surface area contributed by atoms with Crippen LogP contribution < -0.4 is 4.90 Å². The van der Waals surface area contributed by atoms with E-state index in [1.807, 2.05) is 4.90 Å². The molecule has 2 aromatic rings. The van der Waals surface area contributed by atoms with Gasteiger partial charge in [-0.15, -0.1) is 0 Å². The van der Waals surface area contributed by atoms with Gasteiger partial charge >= 0.3 is 0 Å². The second-order valence-electron chi connectivity index (χ2n) is 5.76. The Hall–Kier alpha value is -1.72. The summed E-state index contributed by atoms with van der Waals surface area (Å²) in [4.78, 5) is 6.15. The smallest absolute Gasteiger partial charge is 0.298 e. The Labute approximate surface area is 113 Å². The monoisotopic (exact) mass is 282 g/mol. The van der Waals surface area contributed by atoms with E-state index in [4.69, 9.17) is 4.42 Å².